The van der Waals surface area contributed by atoms with Gasteiger partial charge >= 0.3 is 5.97 Å². The van der Waals surface area contributed by atoms with Gasteiger partial charge in [0.25, 0.3) is 0 Å². The van der Waals surface area contributed by atoms with Crippen LogP contribution in [0, 0.1) is 5.92 Å². The average molecular weight is 262 g/mol. The third kappa shape index (κ3) is 2.18. The van der Waals surface area contributed by atoms with Crippen LogP contribution in [-0.4, -0.2) is 25.3 Å². The summed E-state index contributed by atoms with van der Waals surface area (Å²) in [6, 6.07) is 3.74. The van der Waals surface area contributed by atoms with Gasteiger partial charge in [0.2, 0.25) is 0 Å². The molecule has 19 heavy (non-hydrogen) atoms. The number of carboxylic acids is 1. The summed E-state index contributed by atoms with van der Waals surface area (Å²) in [4.78, 5) is 11.3. The van der Waals surface area contributed by atoms with E-state index in [1.165, 1.54) is 0 Å². The highest BCUT2D eigenvalue weighted by molar-refractivity contribution is 5.90. The Morgan fingerprint density at radius 3 is 2.63 bits per heavy atom. The fourth-order valence-electron chi connectivity index (χ4n) is 2.64. The summed E-state index contributed by atoms with van der Waals surface area (Å²) in [7, 11) is 3.20. The highest BCUT2D eigenvalue weighted by atomic mass is 16.5. The number of benzene rings is 1. The van der Waals surface area contributed by atoms with Gasteiger partial charge in [-0.25, -0.2) is 0 Å². The van der Waals surface area contributed by atoms with Crippen LogP contribution in [0.15, 0.2) is 18.2 Å². The second-order valence-corrected chi connectivity index (χ2v) is 4.49. The van der Waals surface area contributed by atoms with Crippen molar-refractivity contribution in [2.75, 3.05) is 14.2 Å². The minimum absolute atomic E-state index is 0.459. The van der Waals surface area contributed by atoms with E-state index in [1.807, 2.05) is 25.1 Å². The number of allylic oxidation sites excluding steroid dienone is 1. The number of ether oxygens (including phenoxy) is 2. The van der Waals surface area contributed by atoms with Gasteiger partial charge in [0.1, 0.15) is 0 Å². The van der Waals surface area contributed by atoms with E-state index in [-0.39, 0.29) is 0 Å². The molecule has 0 amide bonds. The SMILES string of the molecule is CCC(C(=O)O)C1=CCc2c1ccc(OC)c2OC. The largest absolute Gasteiger partial charge is 0.493 e. The van der Waals surface area contributed by atoms with Crippen molar-refractivity contribution in [2.45, 2.75) is 19.8 Å². The van der Waals surface area contributed by atoms with Crippen molar-refractivity contribution in [1.82, 2.24) is 0 Å². The lowest BCUT2D eigenvalue weighted by Crippen LogP contribution is -2.14. The van der Waals surface area contributed by atoms with E-state index in [0.717, 1.165) is 16.7 Å². The van der Waals surface area contributed by atoms with Crippen LogP contribution >= 0.6 is 0 Å². The number of hydrogen-bond donors (Lipinski definition) is 1. The first kappa shape index (κ1) is 13.5. The molecule has 0 heterocycles. The Hall–Kier alpha value is -1.97. The fraction of sp³-hybridized carbons (Fsp3) is 0.400. The maximum Gasteiger partial charge on any atom is 0.310 e. The maximum atomic E-state index is 11.3. The van der Waals surface area contributed by atoms with Crippen molar-refractivity contribution < 1.29 is 19.4 Å². The number of hydrogen-bond acceptors (Lipinski definition) is 3. The predicted molar refractivity (Wildman–Crippen MR) is 72.6 cm³/mol. The molecule has 1 aliphatic rings. The molecule has 0 bridgehead atoms. The lowest BCUT2D eigenvalue weighted by molar-refractivity contribution is -0.139. The molecule has 0 saturated carbocycles. The summed E-state index contributed by atoms with van der Waals surface area (Å²) in [5, 5.41) is 9.29. The number of rotatable bonds is 5. The molecular weight excluding hydrogens is 244 g/mol. The Morgan fingerprint density at radius 1 is 1.37 bits per heavy atom. The van der Waals surface area contributed by atoms with E-state index >= 15 is 0 Å². The summed E-state index contributed by atoms with van der Waals surface area (Å²) in [5.74, 6) is 0.140. The standard InChI is InChI=1S/C15H18O4/c1-4-9(15(16)17)10-5-6-12-11(10)7-8-13(18-2)14(12)19-3/h5,7-9H,4,6H2,1-3H3,(H,16,17). The van der Waals surface area contributed by atoms with Crippen molar-refractivity contribution in [3.05, 3.63) is 29.3 Å². The van der Waals surface area contributed by atoms with Crippen molar-refractivity contribution in [3.63, 3.8) is 0 Å². The molecule has 2 rings (SSSR count). The third-order valence-electron chi connectivity index (χ3n) is 3.57. The molecular formula is C15H18O4. The minimum Gasteiger partial charge on any atom is -0.493 e. The van der Waals surface area contributed by atoms with Crippen LogP contribution < -0.4 is 9.47 Å². The molecule has 1 atom stereocenters. The van der Waals surface area contributed by atoms with Crippen molar-refractivity contribution in [2.24, 2.45) is 5.92 Å². The van der Waals surface area contributed by atoms with Crippen LogP contribution in [0.25, 0.3) is 5.57 Å². The molecule has 0 radical (unpaired) electrons. The number of fused-ring (bicyclic) bond motifs is 1. The van der Waals surface area contributed by atoms with Gasteiger partial charge in [-0.2, -0.15) is 0 Å². The van der Waals surface area contributed by atoms with Crippen LogP contribution in [0.1, 0.15) is 24.5 Å². The Morgan fingerprint density at radius 2 is 2.11 bits per heavy atom. The van der Waals surface area contributed by atoms with Crippen LogP contribution in [0.3, 0.4) is 0 Å². The molecule has 0 spiro atoms. The Balaban J connectivity index is 2.47. The highest BCUT2D eigenvalue weighted by Gasteiger charge is 2.28. The van der Waals surface area contributed by atoms with Gasteiger partial charge in [-0.05, 0) is 30.0 Å². The number of aliphatic carboxylic acids is 1. The third-order valence-corrected chi connectivity index (χ3v) is 3.57. The Bertz CT molecular complexity index is 531. The summed E-state index contributed by atoms with van der Waals surface area (Å²) in [5.41, 5.74) is 2.86. The monoisotopic (exact) mass is 262 g/mol. The maximum absolute atomic E-state index is 11.3. The lowest BCUT2D eigenvalue weighted by atomic mass is 9.91. The first-order chi connectivity index (χ1) is 9.13. The van der Waals surface area contributed by atoms with E-state index in [9.17, 15) is 9.90 Å². The van der Waals surface area contributed by atoms with Gasteiger partial charge < -0.3 is 14.6 Å². The Kier molecular flexibility index (Phi) is 3.79. The zero-order chi connectivity index (χ0) is 14.0. The second kappa shape index (κ2) is 5.34. The van der Waals surface area contributed by atoms with Crippen LogP contribution in [0.4, 0.5) is 0 Å². The smallest absolute Gasteiger partial charge is 0.310 e. The van der Waals surface area contributed by atoms with E-state index in [1.54, 1.807) is 14.2 Å². The molecule has 0 aromatic heterocycles. The van der Waals surface area contributed by atoms with Gasteiger partial charge in [-0.1, -0.05) is 19.1 Å². The molecule has 1 aromatic rings. The molecule has 1 aromatic carbocycles. The van der Waals surface area contributed by atoms with Crippen molar-refractivity contribution in [3.8, 4) is 11.5 Å². The lowest BCUT2D eigenvalue weighted by Gasteiger charge is -2.16. The average Bonchev–Trinajstić information content (AvgIpc) is 2.82. The van der Waals surface area contributed by atoms with Gasteiger partial charge in [0.15, 0.2) is 11.5 Å². The molecule has 0 aliphatic heterocycles. The summed E-state index contributed by atoms with van der Waals surface area (Å²) >= 11 is 0. The van der Waals surface area contributed by atoms with E-state index in [2.05, 4.69) is 0 Å². The topological polar surface area (TPSA) is 55.8 Å². The molecule has 1 unspecified atom stereocenters. The number of methoxy groups -OCH3 is 2. The van der Waals surface area contributed by atoms with Gasteiger partial charge in [0, 0.05) is 5.56 Å². The highest BCUT2D eigenvalue weighted by Crippen LogP contribution is 2.43. The Labute approximate surface area is 112 Å². The second-order valence-electron chi connectivity index (χ2n) is 4.49. The normalized spacial score (nSPS) is 14.6. The summed E-state index contributed by atoms with van der Waals surface area (Å²) in [6.45, 7) is 1.89. The molecule has 0 fully saturated rings. The van der Waals surface area contributed by atoms with E-state index in [0.29, 0.717) is 24.3 Å². The zero-order valence-electron chi connectivity index (χ0n) is 11.4. The van der Waals surface area contributed by atoms with Crippen molar-refractivity contribution >= 4 is 11.5 Å². The number of carboxylic acid groups (broad SMARTS) is 1. The van der Waals surface area contributed by atoms with Gasteiger partial charge in [-0.3, -0.25) is 4.79 Å². The van der Waals surface area contributed by atoms with Crippen molar-refractivity contribution in [1.29, 1.82) is 0 Å². The molecule has 102 valence electrons. The molecule has 1 aliphatic carbocycles. The molecule has 4 nitrogen and oxygen atoms in total. The van der Waals surface area contributed by atoms with Gasteiger partial charge in [0.05, 0.1) is 20.1 Å². The summed E-state index contributed by atoms with van der Waals surface area (Å²) in [6.07, 6.45) is 3.25. The fourth-order valence-corrected chi connectivity index (χ4v) is 2.64. The molecule has 1 N–H and O–H groups in total. The van der Waals surface area contributed by atoms with Gasteiger partial charge in [-0.15, -0.1) is 0 Å². The minimum atomic E-state index is -0.781. The predicted octanol–water partition coefficient (Wildman–Crippen LogP) is 2.75. The van der Waals surface area contributed by atoms with Crippen LogP contribution in [-0.2, 0) is 11.2 Å². The first-order valence-electron chi connectivity index (χ1n) is 6.31. The first-order valence-corrected chi connectivity index (χ1v) is 6.31. The zero-order valence-corrected chi connectivity index (χ0v) is 11.4. The number of carbonyl (C=O) groups is 1. The molecule has 4 heteroatoms. The van der Waals surface area contributed by atoms with E-state index in [4.69, 9.17) is 9.47 Å². The quantitative estimate of drug-likeness (QED) is 0.886. The van der Waals surface area contributed by atoms with Crippen LogP contribution in [0.5, 0.6) is 11.5 Å². The molecule has 0 saturated heterocycles. The van der Waals surface area contributed by atoms with Crippen LogP contribution in [0.2, 0.25) is 0 Å². The summed E-state index contributed by atoms with van der Waals surface area (Å²) < 4.78 is 10.7. The van der Waals surface area contributed by atoms with E-state index < -0.39 is 11.9 Å².